The number of benzene rings is 1. The number of hydrogen-bond acceptors (Lipinski definition) is 3. The molecule has 3 nitrogen and oxygen atoms in total. The zero-order valence-electron chi connectivity index (χ0n) is 13.5. The Hall–Kier alpha value is -1.00. The number of amides is 1. The van der Waals surface area contributed by atoms with Gasteiger partial charge >= 0.3 is 0 Å². The number of hydrogen-bond donors (Lipinski definition) is 2. The lowest BCUT2D eigenvalue weighted by molar-refractivity contribution is -0.118. The number of aliphatic hydroxyl groups excluding tert-OH is 1. The van der Waals surface area contributed by atoms with Gasteiger partial charge in [0.1, 0.15) is 0 Å². The summed E-state index contributed by atoms with van der Waals surface area (Å²) in [7, 11) is 0. The molecule has 118 valence electrons. The maximum Gasteiger partial charge on any atom is 0.230 e. The summed E-state index contributed by atoms with van der Waals surface area (Å²) in [6, 6.07) is 6.30. The fourth-order valence-corrected chi connectivity index (χ4v) is 2.88. The van der Waals surface area contributed by atoms with Gasteiger partial charge in [-0.2, -0.15) is 0 Å². The van der Waals surface area contributed by atoms with Gasteiger partial charge in [-0.05, 0) is 43.7 Å². The van der Waals surface area contributed by atoms with Crippen LogP contribution in [-0.4, -0.2) is 29.9 Å². The Labute approximate surface area is 132 Å². The number of rotatable bonds is 8. The standard InChI is InChI=1S/C17H27NO2S/c1-13-6-7-14(2)15(10-13)21-11-16(20)18-9-5-8-17(3,4)12-19/h6-7,10,19H,5,8-9,11-12H2,1-4H3,(H,18,20). The van der Waals surface area contributed by atoms with Crippen LogP contribution < -0.4 is 5.32 Å². The first-order valence-electron chi connectivity index (χ1n) is 7.42. The molecular formula is C17H27NO2S. The Morgan fingerprint density at radius 1 is 1.33 bits per heavy atom. The zero-order valence-corrected chi connectivity index (χ0v) is 14.3. The van der Waals surface area contributed by atoms with Crippen LogP contribution in [0.2, 0.25) is 0 Å². The lowest BCUT2D eigenvalue weighted by Crippen LogP contribution is -2.27. The van der Waals surface area contributed by atoms with E-state index in [1.54, 1.807) is 11.8 Å². The molecule has 1 rings (SSSR count). The van der Waals surface area contributed by atoms with E-state index < -0.39 is 0 Å². The smallest absolute Gasteiger partial charge is 0.230 e. The van der Waals surface area contributed by atoms with Crippen molar-refractivity contribution < 1.29 is 9.90 Å². The highest BCUT2D eigenvalue weighted by Crippen LogP contribution is 2.23. The Kier molecular flexibility index (Phi) is 7.26. The molecule has 0 spiro atoms. The van der Waals surface area contributed by atoms with E-state index in [-0.39, 0.29) is 17.9 Å². The van der Waals surface area contributed by atoms with E-state index in [9.17, 15) is 9.90 Å². The number of carbonyl (C=O) groups is 1. The second kappa shape index (κ2) is 8.44. The zero-order chi connectivity index (χ0) is 15.9. The summed E-state index contributed by atoms with van der Waals surface area (Å²) in [5.74, 6) is 0.524. The van der Waals surface area contributed by atoms with Crippen LogP contribution >= 0.6 is 11.8 Å². The van der Waals surface area contributed by atoms with Gasteiger partial charge in [0.25, 0.3) is 0 Å². The van der Waals surface area contributed by atoms with Gasteiger partial charge in [-0.15, -0.1) is 11.8 Å². The third kappa shape index (κ3) is 7.00. The second-order valence-corrected chi connectivity index (χ2v) is 7.35. The van der Waals surface area contributed by atoms with Crippen LogP contribution in [0.3, 0.4) is 0 Å². The van der Waals surface area contributed by atoms with Gasteiger partial charge < -0.3 is 10.4 Å². The first-order valence-corrected chi connectivity index (χ1v) is 8.40. The third-order valence-electron chi connectivity index (χ3n) is 3.48. The highest BCUT2D eigenvalue weighted by molar-refractivity contribution is 8.00. The van der Waals surface area contributed by atoms with Gasteiger partial charge in [0.2, 0.25) is 5.91 Å². The average Bonchev–Trinajstić information content (AvgIpc) is 2.44. The molecule has 0 bridgehead atoms. The summed E-state index contributed by atoms with van der Waals surface area (Å²) in [6.45, 7) is 9.05. The van der Waals surface area contributed by atoms with Crippen molar-refractivity contribution in [1.29, 1.82) is 0 Å². The number of aryl methyl sites for hydroxylation is 2. The van der Waals surface area contributed by atoms with Crippen LogP contribution in [0.15, 0.2) is 23.1 Å². The predicted octanol–water partition coefficient (Wildman–Crippen LogP) is 3.31. The van der Waals surface area contributed by atoms with Gasteiger partial charge in [0, 0.05) is 18.0 Å². The fourth-order valence-electron chi connectivity index (χ4n) is 1.93. The van der Waals surface area contributed by atoms with Crippen molar-refractivity contribution in [2.45, 2.75) is 45.4 Å². The van der Waals surface area contributed by atoms with Crippen LogP contribution in [0.5, 0.6) is 0 Å². The molecule has 0 aliphatic heterocycles. The molecule has 0 saturated carbocycles. The quantitative estimate of drug-likeness (QED) is 0.572. The molecule has 21 heavy (non-hydrogen) atoms. The fraction of sp³-hybridized carbons (Fsp3) is 0.588. The summed E-state index contributed by atoms with van der Waals surface area (Å²) in [4.78, 5) is 13.0. The van der Waals surface area contributed by atoms with Crippen LogP contribution in [-0.2, 0) is 4.79 Å². The van der Waals surface area contributed by atoms with Gasteiger partial charge in [-0.25, -0.2) is 0 Å². The molecule has 0 fully saturated rings. The Morgan fingerprint density at radius 2 is 2.05 bits per heavy atom. The number of nitrogens with one attached hydrogen (secondary N) is 1. The summed E-state index contributed by atoms with van der Waals surface area (Å²) in [6.07, 6.45) is 1.81. The van der Waals surface area contributed by atoms with Crippen LogP contribution in [0.25, 0.3) is 0 Å². The highest BCUT2D eigenvalue weighted by atomic mass is 32.2. The Balaban J connectivity index is 2.27. The van der Waals surface area contributed by atoms with Crippen molar-refractivity contribution in [3.63, 3.8) is 0 Å². The third-order valence-corrected chi connectivity index (χ3v) is 4.64. The molecule has 1 amide bonds. The van der Waals surface area contributed by atoms with E-state index in [2.05, 4.69) is 37.4 Å². The van der Waals surface area contributed by atoms with Crippen molar-refractivity contribution in [3.8, 4) is 0 Å². The van der Waals surface area contributed by atoms with E-state index in [0.29, 0.717) is 12.3 Å². The van der Waals surface area contributed by atoms with Gasteiger partial charge in [-0.3, -0.25) is 4.79 Å². The summed E-state index contributed by atoms with van der Waals surface area (Å²) < 4.78 is 0. The van der Waals surface area contributed by atoms with Crippen molar-refractivity contribution in [3.05, 3.63) is 29.3 Å². The molecule has 0 saturated heterocycles. The molecule has 2 N–H and O–H groups in total. The molecule has 1 aromatic carbocycles. The SMILES string of the molecule is Cc1ccc(C)c(SCC(=O)NCCCC(C)(C)CO)c1. The molecule has 1 aromatic rings. The summed E-state index contributed by atoms with van der Waals surface area (Å²) in [5.41, 5.74) is 2.37. The minimum atomic E-state index is -0.0574. The van der Waals surface area contributed by atoms with Gasteiger partial charge in [-0.1, -0.05) is 31.5 Å². The molecule has 0 atom stereocenters. The van der Waals surface area contributed by atoms with Crippen molar-refractivity contribution in [2.24, 2.45) is 5.41 Å². The average molecular weight is 309 g/mol. The van der Waals surface area contributed by atoms with Crippen molar-refractivity contribution in [2.75, 3.05) is 18.9 Å². The Bertz CT molecular complexity index is 472. The van der Waals surface area contributed by atoms with Gasteiger partial charge in [0.15, 0.2) is 0 Å². The van der Waals surface area contributed by atoms with E-state index >= 15 is 0 Å². The molecule has 0 aliphatic carbocycles. The summed E-state index contributed by atoms with van der Waals surface area (Å²) in [5, 5.41) is 12.1. The molecule has 0 unspecified atom stereocenters. The van der Waals surface area contributed by atoms with E-state index in [1.807, 2.05) is 13.8 Å². The second-order valence-electron chi connectivity index (χ2n) is 6.33. The van der Waals surface area contributed by atoms with E-state index in [0.717, 1.165) is 12.8 Å². The predicted molar refractivity (Wildman–Crippen MR) is 89.8 cm³/mol. The summed E-state index contributed by atoms with van der Waals surface area (Å²) >= 11 is 1.59. The molecular weight excluding hydrogens is 282 g/mol. The largest absolute Gasteiger partial charge is 0.396 e. The lowest BCUT2D eigenvalue weighted by atomic mass is 9.89. The number of thioether (sulfide) groups is 1. The Morgan fingerprint density at radius 3 is 2.71 bits per heavy atom. The van der Waals surface area contributed by atoms with E-state index in [4.69, 9.17) is 0 Å². The van der Waals surface area contributed by atoms with E-state index in [1.165, 1.54) is 16.0 Å². The monoisotopic (exact) mass is 309 g/mol. The minimum Gasteiger partial charge on any atom is -0.396 e. The first-order chi connectivity index (χ1) is 9.84. The molecule has 0 aliphatic rings. The molecule has 0 aromatic heterocycles. The van der Waals surface area contributed by atoms with Crippen molar-refractivity contribution >= 4 is 17.7 Å². The number of aliphatic hydroxyl groups is 1. The maximum atomic E-state index is 11.8. The minimum absolute atomic E-state index is 0.0574. The lowest BCUT2D eigenvalue weighted by Gasteiger charge is -2.21. The molecule has 0 heterocycles. The highest BCUT2D eigenvalue weighted by Gasteiger charge is 2.15. The maximum absolute atomic E-state index is 11.8. The van der Waals surface area contributed by atoms with Crippen LogP contribution in [0, 0.1) is 19.3 Å². The molecule has 0 radical (unpaired) electrons. The normalized spacial score (nSPS) is 11.5. The van der Waals surface area contributed by atoms with Crippen LogP contribution in [0.1, 0.15) is 37.8 Å². The van der Waals surface area contributed by atoms with Crippen LogP contribution in [0.4, 0.5) is 0 Å². The first kappa shape index (κ1) is 18.1. The van der Waals surface area contributed by atoms with Crippen molar-refractivity contribution in [1.82, 2.24) is 5.32 Å². The topological polar surface area (TPSA) is 49.3 Å². The van der Waals surface area contributed by atoms with Gasteiger partial charge in [0.05, 0.1) is 5.75 Å². The number of carbonyl (C=O) groups excluding carboxylic acids is 1. The molecule has 4 heteroatoms.